The molecule has 0 bridgehead atoms. The van der Waals surface area contributed by atoms with E-state index in [0.717, 1.165) is 12.7 Å². The Morgan fingerprint density at radius 2 is 1.29 bits per heavy atom. The van der Waals surface area contributed by atoms with Gasteiger partial charge in [-0.15, -0.1) is 0 Å². The summed E-state index contributed by atoms with van der Waals surface area (Å²) in [6, 6.07) is 1.47. The molecule has 10 heteroatoms. The molecule has 1 rings (SSSR count). The fourth-order valence-electron chi connectivity index (χ4n) is 2.03. The molecular weight excluding hydrogens is 352 g/mol. The topological polar surface area (TPSA) is 77.1 Å². The molecule has 0 aromatic heterocycles. The van der Waals surface area contributed by atoms with Crippen molar-refractivity contribution in [2.24, 2.45) is 0 Å². The summed E-state index contributed by atoms with van der Waals surface area (Å²) < 4.78 is 41.8. The standard InChI is InChI=1S/C9H20O5Si.C5H14O3Si/c1-8(13-5-9-6-14-9)7-15(10-2,11-3)12-4;1-5-9(6-2,7-3)8-4/h8-9H,5-7H2,1-4H3;5H2,1-4H3. The van der Waals surface area contributed by atoms with Crippen LogP contribution in [0.4, 0.5) is 0 Å². The summed E-state index contributed by atoms with van der Waals surface area (Å²) in [6.07, 6.45) is 0.344. The van der Waals surface area contributed by atoms with Crippen LogP contribution in [0.15, 0.2) is 0 Å². The van der Waals surface area contributed by atoms with Crippen LogP contribution in [0.25, 0.3) is 0 Å². The molecule has 0 radical (unpaired) electrons. The maximum atomic E-state index is 5.60. The molecule has 1 fully saturated rings. The molecule has 2 atom stereocenters. The van der Waals surface area contributed by atoms with Gasteiger partial charge in [-0.2, -0.15) is 0 Å². The Kier molecular flexibility index (Phi) is 12.5. The lowest BCUT2D eigenvalue weighted by Crippen LogP contribution is -2.45. The van der Waals surface area contributed by atoms with Crippen LogP contribution >= 0.6 is 0 Å². The van der Waals surface area contributed by atoms with Crippen LogP contribution in [0.5, 0.6) is 0 Å². The van der Waals surface area contributed by atoms with E-state index in [2.05, 4.69) is 0 Å². The van der Waals surface area contributed by atoms with Crippen LogP contribution in [0.3, 0.4) is 0 Å². The van der Waals surface area contributed by atoms with Crippen molar-refractivity contribution in [2.45, 2.75) is 38.1 Å². The average Bonchev–Trinajstić information content (AvgIpc) is 3.46. The van der Waals surface area contributed by atoms with Gasteiger partial charge in [0.1, 0.15) is 6.10 Å². The predicted molar refractivity (Wildman–Crippen MR) is 94.0 cm³/mol. The molecule has 0 N–H and O–H groups in total. The fraction of sp³-hybridized carbons (Fsp3) is 1.00. The van der Waals surface area contributed by atoms with Gasteiger partial charge in [-0.05, 0) is 6.92 Å². The van der Waals surface area contributed by atoms with Crippen molar-refractivity contribution in [3.63, 3.8) is 0 Å². The van der Waals surface area contributed by atoms with Crippen molar-refractivity contribution in [1.29, 1.82) is 0 Å². The van der Waals surface area contributed by atoms with Crippen molar-refractivity contribution in [3.05, 3.63) is 0 Å². The maximum Gasteiger partial charge on any atom is 0.502 e. The molecule has 1 aliphatic heterocycles. The van der Waals surface area contributed by atoms with Gasteiger partial charge in [0.2, 0.25) is 0 Å². The van der Waals surface area contributed by atoms with Crippen LogP contribution in [0, 0.1) is 0 Å². The minimum Gasteiger partial charge on any atom is -0.377 e. The third kappa shape index (κ3) is 8.47. The summed E-state index contributed by atoms with van der Waals surface area (Å²) in [4.78, 5) is 0. The minimum absolute atomic E-state index is 0.0562. The van der Waals surface area contributed by atoms with Crippen molar-refractivity contribution in [3.8, 4) is 0 Å². The van der Waals surface area contributed by atoms with Crippen LogP contribution in [-0.2, 0) is 36.0 Å². The molecule has 0 aliphatic carbocycles. The van der Waals surface area contributed by atoms with E-state index < -0.39 is 17.6 Å². The first-order chi connectivity index (χ1) is 11.4. The summed E-state index contributed by atoms with van der Waals surface area (Å²) in [5.74, 6) is 0. The Hall–Kier alpha value is 0.114. The van der Waals surface area contributed by atoms with Gasteiger partial charge in [0.05, 0.1) is 19.3 Å². The zero-order valence-corrected chi connectivity index (χ0v) is 18.2. The summed E-state index contributed by atoms with van der Waals surface area (Å²) >= 11 is 0. The van der Waals surface area contributed by atoms with E-state index in [1.54, 1.807) is 42.7 Å². The number of hydrogen-bond acceptors (Lipinski definition) is 8. The van der Waals surface area contributed by atoms with Crippen molar-refractivity contribution in [1.82, 2.24) is 0 Å². The van der Waals surface area contributed by atoms with Crippen molar-refractivity contribution < 1.29 is 36.0 Å². The molecule has 1 aliphatic rings. The number of rotatable bonds is 12. The van der Waals surface area contributed by atoms with E-state index in [0.29, 0.717) is 12.7 Å². The highest BCUT2D eigenvalue weighted by molar-refractivity contribution is 6.60. The highest BCUT2D eigenvalue weighted by atomic mass is 28.4. The van der Waals surface area contributed by atoms with E-state index in [1.807, 2.05) is 13.8 Å². The molecule has 1 saturated heterocycles. The van der Waals surface area contributed by atoms with E-state index in [1.165, 1.54) is 0 Å². The monoisotopic (exact) mass is 386 g/mol. The normalized spacial score (nSPS) is 18.8. The Morgan fingerprint density at radius 3 is 1.54 bits per heavy atom. The third-order valence-electron chi connectivity index (χ3n) is 3.81. The number of ether oxygens (including phenoxy) is 2. The van der Waals surface area contributed by atoms with Crippen LogP contribution < -0.4 is 0 Å². The minimum atomic E-state index is -2.50. The molecule has 1 heterocycles. The van der Waals surface area contributed by atoms with E-state index in [4.69, 9.17) is 36.0 Å². The molecule has 24 heavy (non-hydrogen) atoms. The summed E-state index contributed by atoms with van der Waals surface area (Å²) in [6.45, 7) is 5.43. The lowest BCUT2D eigenvalue weighted by Gasteiger charge is -2.27. The zero-order chi connectivity index (χ0) is 18.6. The molecule has 146 valence electrons. The van der Waals surface area contributed by atoms with Crippen molar-refractivity contribution >= 4 is 17.6 Å². The van der Waals surface area contributed by atoms with E-state index in [9.17, 15) is 0 Å². The van der Waals surface area contributed by atoms with Gasteiger partial charge in [0.15, 0.2) is 0 Å². The van der Waals surface area contributed by atoms with Gasteiger partial charge in [-0.25, -0.2) is 0 Å². The first kappa shape index (κ1) is 24.1. The van der Waals surface area contributed by atoms with Crippen LogP contribution in [-0.4, -0.2) is 85.7 Å². The lowest BCUT2D eigenvalue weighted by atomic mass is 10.4. The SMILES string of the molecule is CC[Si](OC)(OC)OC.CO[Si](CC(C)OCC1CO1)(OC)OC. The summed E-state index contributed by atoms with van der Waals surface area (Å²) in [7, 11) is 4.97. The van der Waals surface area contributed by atoms with E-state index >= 15 is 0 Å². The fourth-order valence-corrected chi connectivity index (χ4v) is 5.22. The van der Waals surface area contributed by atoms with E-state index in [-0.39, 0.29) is 12.2 Å². The number of epoxide rings is 1. The third-order valence-corrected chi connectivity index (χ3v) is 9.48. The second kappa shape index (κ2) is 12.5. The average molecular weight is 387 g/mol. The Bertz CT molecular complexity index is 283. The molecule has 0 spiro atoms. The Morgan fingerprint density at radius 1 is 0.875 bits per heavy atom. The van der Waals surface area contributed by atoms with Crippen LogP contribution in [0.2, 0.25) is 12.1 Å². The smallest absolute Gasteiger partial charge is 0.377 e. The molecule has 0 amide bonds. The highest BCUT2D eigenvalue weighted by Gasteiger charge is 2.40. The van der Waals surface area contributed by atoms with Gasteiger partial charge in [-0.1, -0.05) is 6.92 Å². The molecule has 0 aromatic carbocycles. The molecule has 0 saturated carbocycles. The van der Waals surface area contributed by atoms with Crippen LogP contribution in [0.1, 0.15) is 13.8 Å². The summed E-state index contributed by atoms with van der Waals surface area (Å²) in [5.41, 5.74) is 0. The molecule has 8 nitrogen and oxygen atoms in total. The van der Waals surface area contributed by atoms with Gasteiger partial charge < -0.3 is 36.0 Å². The maximum absolute atomic E-state index is 5.60. The Balaban J connectivity index is 0.000000506. The van der Waals surface area contributed by atoms with Gasteiger partial charge in [0, 0.05) is 54.7 Å². The zero-order valence-electron chi connectivity index (χ0n) is 16.2. The first-order valence-corrected chi connectivity index (χ1v) is 11.8. The first-order valence-electron chi connectivity index (χ1n) is 7.94. The quantitative estimate of drug-likeness (QED) is 0.369. The van der Waals surface area contributed by atoms with Gasteiger partial charge in [-0.3, -0.25) is 0 Å². The lowest BCUT2D eigenvalue weighted by molar-refractivity contribution is 0.0435. The van der Waals surface area contributed by atoms with Gasteiger partial charge in [0.25, 0.3) is 0 Å². The summed E-state index contributed by atoms with van der Waals surface area (Å²) in [5, 5.41) is 0. The number of hydrogen-bond donors (Lipinski definition) is 0. The Labute approximate surface area is 148 Å². The van der Waals surface area contributed by atoms with Gasteiger partial charge >= 0.3 is 17.6 Å². The largest absolute Gasteiger partial charge is 0.502 e. The van der Waals surface area contributed by atoms with Crippen molar-refractivity contribution in [2.75, 3.05) is 55.9 Å². The highest BCUT2D eigenvalue weighted by Crippen LogP contribution is 2.18. The second-order valence-corrected chi connectivity index (χ2v) is 11.5. The second-order valence-electron chi connectivity index (χ2n) is 5.25. The molecule has 2 unspecified atom stereocenters. The predicted octanol–water partition coefficient (Wildman–Crippen LogP) is 1.55. The molecular formula is C14H34O8Si2. The molecule has 0 aromatic rings.